The maximum atomic E-state index is 12.6. The highest BCUT2D eigenvalue weighted by molar-refractivity contribution is 7.89. The molecule has 1 heterocycles. The van der Waals surface area contributed by atoms with Crippen molar-refractivity contribution >= 4 is 20.9 Å². The number of aromatic nitrogens is 1. The fourth-order valence-electron chi connectivity index (χ4n) is 3.26. The number of ether oxygens (including phenoxy) is 1. The van der Waals surface area contributed by atoms with E-state index in [4.69, 9.17) is 4.74 Å². The van der Waals surface area contributed by atoms with Crippen LogP contribution < -0.4 is 9.46 Å². The summed E-state index contributed by atoms with van der Waals surface area (Å²) in [5, 5.41) is 1.15. The summed E-state index contributed by atoms with van der Waals surface area (Å²) in [7, 11) is -2.00. The lowest BCUT2D eigenvalue weighted by atomic mass is 10.1. The highest BCUT2D eigenvalue weighted by Gasteiger charge is 2.17. The minimum Gasteiger partial charge on any atom is -0.497 e. The molecule has 3 rings (SSSR count). The zero-order chi connectivity index (χ0) is 18.9. The standard InChI is InChI=1S/C20H24N2O3S/c1-13-5-7-19-18(11-13)17(15(3)22-19)9-10-21-26(23,24)20-8-6-16(25-4)12-14(20)2/h5-8,11-12,21-22H,9-10H2,1-4H3. The van der Waals surface area contributed by atoms with Crippen molar-refractivity contribution < 1.29 is 13.2 Å². The minimum atomic E-state index is -3.56. The molecule has 0 radical (unpaired) electrons. The number of hydrogen-bond acceptors (Lipinski definition) is 3. The molecule has 26 heavy (non-hydrogen) atoms. The van der Waals surface area contributed by atoms with Crippen molar-refractivity contribution in [2.45, 2.75) is 32.1 Å². The Morgan fingerprint density at radius 1 is 1.08 bits per heavy atom. The number of sulfonamides is 1. The Labute approximate surface area is 154 Å². The first kappa shape index (κ1) is 18.5. The smallest absolute Gasteiger partial charge is 0.240 e. The van der Waals surface area contributed by atoms with Gasteiger partial charge < -0.3 is 9.72 Å². The summed E-state index contributed by atoms with van der Waals surface area (Å²) in [6.45, 7) is 6.19. The normalized spacial score (nSPS) is 11.8. The van der Waals surface area contributed by atoms with Gasteiger partial charge in [-0.05, 0) is 68.7 Å². The van der Waals surface area contributed by atoms with Crippen molar-refractivity contribution in [1.82, 2.24) is 9.71 Å². The first-order valence-electron chi connectivity index (χ1n) is 8.54. The van der Waals surface area contributed by atoms with Gasteiger partial charge in [0.25, 0.3) is 0 Å². The molecular formula is C20H24N2O3S. The highest BCUT2D eigenvalue weighted by atomic mass is 32.2. The van der Waals surface area contributed by atoms with Crippen LogP contribution in [0.2, 0.25) is 0 Å². The predicted octanol–water partition coefficient (Wildman–Crippen LogP) is 3.62. The third-order valence-corrected chi connectivity index (χ3v) is 6.23. The Morgan fingerprint density at radius 2 is 1.85 bits per heavy atom. The molecule has 0 bridgehead atoms. The molecule has 0 spiro atoms. The van der Waals surface area contributed by atoms with E-state index in [0.717, 1.165) is 22.2 Å². The van der Waals surface area contributed by atoms with Gasteiger partial charge in [0, 0.05) is 23.1 Å². The van der Waals surface area contributed by atoms with Crippen LogP contribution in [0.5, 0.6) is 5.75 Å². The number of benzene rings is 2. The summed E-state index contributed by atoms with van der Waals surface area (Å²) in [6.07, 6.45) is 0.629. The van der Waals surface area contributed by atoms with E-state index in [1.54, 1.807) is 32.2 Å². The van der Waals surface area contributed by atoms with Gasteiger partial charge in [-0.1, -0.05) is 11.6 Å². The molecule has 2 N–H and O–H groups in total. The molecule has 2 aromatic carbocycles. The molecule has 0 fully saturated rings. The number of hydrogen-bond donors (Lipinski definition) is 2. The average Bonchev–Trinajstić information content (AvgIpc) is 2.89. The maximum absolute atomic E-state index is 12.6. The zero-order valence-electron chi connectivity index (χ0n) is 15.5. The van der Waals surface area contributed by atoms with Gasteiger partial charge in [-0.15, -0.1) is 0 Å². The van der Waals surface area contributed by atoms with Crippen LogP contribution in [0.3, 0.4) is 0 Å². The van der Waals surface area contributed by atoms with Crippen LogP contribution in [-0.4, -0.2) is 27.1 Å². The summed E-state index contributed by atoms with van der Waals surface area (Å²) in [5.41, 5.74) is 5.16. The van der Waals surface area contributed by atoms with E-state index in [2.05, 4.69) is 34.8 Å². The molecule has 1 aromatic heterocycles. The Balaban J connectivity index is 1.77. The van der Waals surface area contributed by atoms with Crippen molar-refractivity contribution in [2.24, 2.45) is 0 Å². The van der Waals surface area contributed by atoms with Crippen molar-refractivity contribution in [1.29, 1.82) is 0 Å². The van der Waals surface area contributed by atoms with Gasteiger partial charge in [-0.2, -0.15) is 0 Å². The number of nitrogens with one attached hydrogen (secondary N) is 2. The van der Waals surface area contributed by atoms with Gasteiger partial charge >= 0.3 is 0 Å². The van der Waals surface area contributed by atoms with Gasteiger partial charge in [-0.3, -0.25) is 0 Å². The van der Waals surface area contributed by atoms with Gasteiger partial charge in [-0.25, -0.2) is 13.1 Å². The van der Waals surface area contributed by atoms with Crippen molar-refractivity contribution in [3.8, 4) is 5.75 Å². The quantitative estimate of drug-likeness (QED) is 0.694. The Bertz CT molecular complexity index is 1050. The number of aryl methyl sites for hydroxylation is 3. The second-order valence-corrected chi connectivity index (χ2v) is 8.29. The van der Waals surface area contributed by atoms with E-state index in [0.29, 0.717) is 24.3 Å². The van der Waals surface area contributed by atoms with Gasteiger partial charge in [0.1, 0.15) is 5.75 Å². The van der Waals surface area contributed by atoms with Crippen molar-refractivity contribution in [3.63, 3.8) is 0 Å². The minimum absolute atomic E-state index is 0.282. The Morgan fingerprint density at radius 3 is 2.54 bits per heavy atom. The summed E-state index contributed by atoms with van der Waals surface area (Å²) < 4.78 is 33.1. The molecule has 0 saturated heterocycles. The predicted molar refractivity (Wildman–Crippen MR) is 104 cm³/mol. The summed E-state index contributed by atoms with van der Waals surface area (Å²) in [4.78, 5) is 3.65. The fraction of sp³-hybridized carbons (Fsp3) is 0.300. The van der Waals surface area contributed by atoms with Crippen LogP contribution in [0.1, 0.15) is 22.4 Å². The SMILES string of the molecule is COc1ccc(S(=O)(=O)NCCc2c(C)[nH]c3ccc(C)cc23)c(C)c1. The number of rotatable bonds is 6. The van der Waals surface area contributed by atoms with Crippen LogP contribution >= 0.6 is 0 Å². The number of aromatic amines is 1. The summed E-state index contributed by atoms with van der Waals surface area (Å²) in [5.74, 6) is 0.645. The van der Waals surface area contributed by atoms with Gasteiger partial charge in [0.05, 0.1) is 12.0 Å². The summed E-state index contributed by atoms with van der Waals surface area (Å²) in [6, 6.07) is 11.2. The van der Waals surface area contributed by atoms with Crippen LogP contribution in [-0.2, 0) is 16.4 Å². The topological polar surface area (TPSA) is 71.2 Å². The van der Waals surface area contributed by atoms with Gasteiger partial charge in [0.2, 0.25) is 10.0 Å². The lowest BCUT2D eigenvalue weighted by Gasteiger charge is -2.11. The van der Waals surface area contributed by atoms with Gasteiger partial charge in [0.15, 0.2) is 0 Å². The molecule has 0 atom stereocenters. The van der Waals surface area contributed by atoms with Crippen LogP contribution in [0.15, 0.2) is 41.3 Å². The van der Waals surface area contributed by atoms with Crippen LogP contribution in [0.4, 0.5) is 0 Å². The van der Waals surface area contributed by atoms with Crippen LogP contribution in [0, 0.1) is 20.8 Å². The van der Waals surface area contributed by atoms with Crippen molar-refractivity contribution in [3.05, 3.63) is 58.8 Å². The van der Waals surface area contributed by atoms with Crippen molar-refractivity contribution in [2.75, 3.05) is 13.7 Å². The molecule has 0 aliphatic carbocycles. The monoisotopic (exact) mass is 372 g/mol. The lowest BCUT2D eigenvalue weighted by molar-refractivity contribution is 0.414. The molecule has 0 saturated carbocycles. The molecule has 0 unspecified atom stereocenters. The van der Waals surface area contributed by atoms with E-state index in [1.165, 1.54) is 5.56 Å². The Kier molecular flexibility index (Phi) is 5.07. The first-order valence-corrected chi connectivity index (χ1v) is 10.0. The first-order chi connectivity index (χ1) is 12.3. The van der Waals surface area contributed by atoms with E-state index in [-0.39, 0.29) is 4.90 Å². The molecule has 138 valence electrons. The van der Waals surface area contributed by atoms with E-state index in [9.17, 15) is 8.42 Å². The molecular weight excluding hydrogens is 348 g/mol. The zero-order valence-corrected chi connectivity index (χ0v) is 16.3. The molecule has 6 heteroatoms. The number of fused-ring (bicyclic) bond motifs is 1. The highest BCUT2D eigenvalue weighted by Crippen LogP contribution is 2.24. The third kappa shape index (κ3) is 3.61. The molecule has 0 aliphatic rings. The van der Waals surface area contributed by atoms with E-state index < -0.39 is 10.0 Å². The Hall–Kier alpha value is -2.31. The molecule has 5 nitrogen and oxygen atoms in total. The van der Waals surface area contributed by atoms with Crippen LogP contribution in [0.25, 0.3) is 10.9 Å². The fourth-order valence-corrected chi connectivity index (χ4v) is 4.51. The summed E-state index contributed by atoms with van der Waals surface area (Å²) >= 11 is 0. The largest absolute Gasteiger partial charge is 0.497 e. The third-order valence-electron chi connectivity index (χ3n) is 4.61. The molecule has 3 aromatic rings. The maximum Gasteiger partial charge on any atom is 0.240 e. The average molecular weight is 372 g/mol. The second-order valence-electron chi connectivity index (χ2n) is 6.56. The number of methoxy groups -OCH3 is 1. The van der Waals surface area contributed by atoms with E-state index >= 15 is 0 Å². The lowest BCUT2D eigenvalue weighted by Crippen LogP contribution is -2.26. The molecule has 0 aliphatic heterocycles. The number of H-pyrrole nitrogens is 1. The second kappa shape index (κ2) is 7.13. The molecule has 0 amide bonds. The van der Waals surface area contributed by atoms with E-state index in [1.807, 2.05) is 6.92 Å².